The van der Waals surface area contributed by atoms with Gasteiger partial charge in [-0.3, -0.25) is 9.36 Å². The van der Waals surface area contributed by atoms with Crippen LogP contribution in [0.5, 0.6) is 0 Å². The van der Waals surface area contributed by atoms with E-state index in [0.717, 1.165) is 4.68 Å². The molecule has 1 amide bonds. The molecule has 0 aliphatic carbocycles. The minimum absolute atomic E-state index is 0.0875. The molecule has 0 bridgehead atoms. The van der Waals surface area contributed by atoms with Crippen LogP contribution in [0.2, 0.25) is 5.02 Å². The van der Waals surface area contributed by atoms with E-state index in [2.05, 4.69) is 5.10 Å². The number of hydrogen-bond acceptors (Lipinski definition) is 3. The van der Waals surface area contributed by atoms with Crippen molar-refractivity contribution in [3.8, 4) is 0 Å². The van der Waals surface area contributed by atoms with Crippen molar-refractivity contribution in [1.82, 2.24) is 14.3 Å². The van der Waals surface area contributed by atoms with Gasteiger partial charge in [0.1, 0.15) is 11.6 Å². The van der Waals surface area contributed by atoms with Crippen LogP contribution >= 0.6 is 11.6 Å². The minimum atomic E-state index is -0.584. The summed E-state index contributed by atoms with van der Waals surface area (Å²) in [7, 11) is 0. The van der Waals surface area contributed by atoms with Gasteiger partial charge in [0.05, 0.1) is 12.5 Å². The number of primary amides is 1. The molecular formula is C14H14ClFN4O2. The Morgan fingerprint density at radius 3 is 2.95 bits per heavy atom. The van der Waals surface area contributed by atoms with Crippen LogP contribution in [0.15, 0.2) is 23.0 Å². The Labute approximate surface area is 130 Å². The third-order valence-corrected chi connectivity index (χ3v) is 4.20. The van der Waals surface area contributed by atoms with Gasteiger partial charge < -0.3 is 5.73 Å². The van der Waals surface area contributed by atoms with Gasteiger partial charge in [-0.1, -0.05) is 17.7 Å². The highest BCUT2D eigenvalue weighted by Gasteiger charge is 2.30. The van der Waals surface area contributed by atoms with Crippen LogP contribution in [0.25, 0.3) is 0 Å². The lowest BCUT2D eigenvalue weighted by Gasteiger charge is -2.18. The lowest BCUT2D eigenvalue weighted by atomic mass is 9.98. The first-order valence-corrected chi connectivity index (χ1v) is 7.26. The van der Waals surface area contributed by atoms with E-state index in [1.807, 2.05) is 0 Å². The SMILES string of the molecule is NC(=O)C1CCCn2c1nn(Cc1c(F)cccc1Cl)c2=O. The molecule has 1 aromatic carbocycles. The third-order valence-electron chi connectivity index (χ3n) is 3.85. The Kier molecular flexibility index (Phi) is 3.74. The average molecular weight is 325 g/mol. The number of carbonyl (C=O) groups is 1. The van der Waals surface area contributed by atoms with Crippen LogP contribution in [0.4, 0.5) is 4.39 Å². The maximum atomic E-state index is 13.8. The van der Waals surface area contributed by atoms with E-state index in [4.69, 9.17) is 17.3 Å². The fourth-order valence-electron chi connectivity index (χ4n) is 2.71. The topological polar surface area (TPSA) is 82.9 Å². The van der Waals surface area contributed by atoms with Gasteiger partial charge in [0, 0.05) is 17.1 Å². The van der Waals surface area contributed by atoms with Gasteiger partial charge in [-0.2, -0.15) is 5.10 Å². The number of hydrogen-bond donors (Lipinski definition) is 1. The van der Waals surface area contributed by atoms with Gasteiger partial charge in [-0.05, 0) is 25.0 Å². The summed E-state index contributed by atoms with van der Waals surface area (Å²) < 4.78 is 16.4. The predicted octanol–water partition coefficient (Wildman–Crippen LogP) is 1.25. The molecular weight excluding hydrogens is 311 g/mol. The minimum Gasteiger partial charge on any atom is -0.369 e. The number of benzene rings is 1. The third kappa shape index (κ3) is 2.41. The highest BCUT2D eigenvalue weighted by Crippen LogP contribution is 2.24. The zero-order valence-electron chi connectivity index (χ0n) is 11.6. The summed E-state index contributed by atoms with van der Waals surface area (Å²) in [5.74, 6) is -1.26. The lowest BCUT2D eigenvalue weighted by Crippen LogP contribution is -2.32. The number of amides is 1. The second-order valence-corrected chi connectivity index (χ2v) is 5.65. The van der Waals surface area contributed by atoms with Crippen molar-refractivity contribution < 1.29 is 9.18 Å². The molecule has 3 rings (SSSR count). The van der Waals surface area contributed by atoms with Gasteiger partial charge in [-0.25, -0.2) is 13.9 Å². The summed E-state index contributed by atoms with van der Waals surface area (Å²) >= 11 is 5.97. The Balaban J connectivity index is 2.03. The van der Waals surface area contributed by atoms with Crippen molar-refractivity contribution >= 4 is 17.5 Å². The molecule has 2 aromatic rings. The smallest absolute Gasteiger partial charge is 0.346 e. The van der Waals surface area contributed by atoms with Crippen molar-refractivity contribution in [2.75, 3.05) is 0 Å². The molecule has 1 aliphatic rings. The van der Waals surface area contributed by atoms with Crippen molar-refractivity contribution in [2.45, 2.75) is 31.8 Å². The van der Waals surface area contributed by atoms with Crippen molar-refractivity contribution in [3.05, 3.63) is 50.9 Å². The number of nitrogens with two attached hydrogens (primary N) is 1. The van der Waals surface area contributed by atoms with Gasteiger partial charge in [-0.15, -0.1) is 0 Å². The molecule has 0 saturated carbocycles. The summed E-state index contributed by atoms with van der Waals surface area (Å²) in [5.41, 5.74) is 5.16. The maximum absolute atomic E-state index is 13.8. The predicted molar refractivity (Wildman–Crippen MR) is 78.2 cm³/mol. The van der Waals surface area contributed by atoms with Crippen LogP contribution < -0.4 is 11.4 Å². The van der Waals surface area contributed by atoms with E-state index < -0.39 is 17.6 Å². The molecule has 2 N–H and O–H groups in total. The quantitative estimate of drug-likeness (QED) is 0.922. The molecule has 0 saturated heterocycles. The van der Waals surface area contributed by atoms with Gasteiger partial charge in [0.15, 0.2) is 0 Å². The lowest BCUT2D eigenvalue weighted by molar-refractivity contribution is -0.120. The zero-order valence-corrected chi connectivity index (χ0v) is 12.4. The first-order valence-electron chi connectivity index (χ1n) is 6.88. The first-order chi connectivity index (χ1) is 10.5. The first kappa shape index (κ1) is 14.8. The summed E-state index contributed by atoms with van der Waals surface area (Å²) in [5, 5.41) is 4.40. The highest BCUT2D eigenvalue weighted by atomic mass is 35.5. The maximum Gasteiger partial charge on any atom is 0.346 e. The van der Waals surface area contributed by atoms with E-state index in [9.17, 15) is 14.0 Å². The van der Waals surface area contributed by atoms with Gasteiger partial charge >= 0.3 is 5.69 Å². The number of halogens is 2. The van der Waals surface area contributed by atoms with E-state index in [0.29, 0.717) is 25.2 Å². The van der Waals surface area contributed by atoms with Crippen molar-refractivity contribution in [3.63, 3.8) is 0 Å². The number of nitrogens with zero attached hydrogens (tertiary/aromatic N) is 3. The molecule has 116 valence electrons. The number of aromatic nitrogens is 3. The number of fused-ring (bicyclic) bond motifs is 1. The Morgan fingerprint density at radius 2 is 2.27 bits per heavy atom. The van der Waals surface area contributed by atoms with Crippen LogP contribution in [0, 0.1) is 5.82 Å². The van der Waals surface area contributed by atoms with Crippen LogP contribution in [0.1, 0.15) is 30.1 Å². The molecule has 0 radical (unpaired) electrons. The molecule has 0 fully saturated rings. The second-order valence-electron chi connectivity index (χ2n) is 5.25. The summed E-state index contributed by atoms with van der Waals surface area (Å²) in [6.45, 7) is 0.388. The summed E-state index contributed by atoms with van der Waals surface area (Å²) in [6, 6.07) is 4.31. The average Bonchev–Trinajstić information content (AvgIpc) is 2.79. The normalized spacial score (nSPS) is 17.3. The Bertz CT molecular complexity index is 778. The van der Waals surface area contributed by atoms with Crippen LogP contribution in [0.3, 0.4) is 0 Å². The van der Waals surface area contributed by atoms with Crippen molar-refractivity contribution in [2.24, 2.45) is 5.73 Å². The standard InChI is InChI=1S/C14H14ClFN4O2/c15-10-4-1-5-11(16)9(10)7-20-14(22)19-6-2-3-8(12(17)21)13(19)18-20/h1,4-5,8H,2-3,6-7H2,(H2,17,21). The fraction of sp³-hybridized carbons (Fsp3) is 0.357. The van der Waals surface area contributed by atoms with Crippen LogP contribution in [-0.4, -0.2) is 20.3 Å². The van der Waals surface area contributed by atoms with E-state index >= 15 is 0 Å². The van der Waals surface area contributed by atoms with E-state index in [1.165, 1.54) is 16.7 Å². The number of carbonyl (C=O) groups excluding carboxylic acids is 1. The molecule has 0 spiro atoms. The largest absolute Gasteiger partial charge is 0.369 e. The Hall–Kier alpha value is -2.15. The van der Waals surface area contributed by atoms with Crippen LogP contribution in [-0.2, 0) is 17.9 Å². The van der Waals surface area contributed by atoms with E-state index in [-0.39, 0.29) is 22.8 Å². The number of rotatable bonds is 3. The highest BCUT2D eigenvalue weighted by molar-refractivity contribution is 6.31. The zero-order chi connectivity index (χ0) is 15.9. The molecule has 1 aliphatic heterocycles. The summed E-state index contributed by atoms with van der Waals surface area (Å²) in [6.07, 6.45) is 1.24. The summed E-state index contributed by atoms with van der Waals surface area (Å²) in [4.78, 5) is 23.8. The fourth-order valence-corrected chi connectivity index (χ4v) is 2.94. The second kappa shape index (κ2) is 5.57. The molecule has 22 heavy (non-hydrogen) atoms. The molecule has 1 atom stereocenters. The van der Waals surface area contributed by atoms with Gasteiger partial charge in [0.25, 0.3) is 0 Å². The monoisotopic (exact) mass is 324 g/mol. The molecule has 6 nitrogen and oxygen atoms in total. The van der Waals surface area contributed by atoms with Gasteiger partial charge in [0.2, 0.25) is 5.91 Å². The van der Waals surface area contributed by atoms with Crippen molar-refractivity contribution in [1.29, 1.82) is 0 Å². The Morgan fingerprint density at radius 1 is 1.50 bits per heavy atom. The molecule has 2 heterocycles. The van der Waals surface area contributed by atoms with E-state index in [1.54, 1.807) is 6.07 Å². The molecule has 8 heteroatoms. The molecule has 1 aromatic heterocycles. The molecule has 1 unspecified atom stereocenters.